The first-order chi connectivity index (χ1) is 16.5. The Morgan fingerprint density at radius 2 is 1.74 bits per heavy atom. The molecule has 2 N–H and O–H groups in total. The molecular weight excluding hydrogens is 432 g/mol. The van der Waals surface area contributed by atoms with Crippen molar-refractivity contribution in [2.75, 3.05) is 25.0 Å². The number of hydrogen-bond donors (Lipinski definition) is 2. The summed E-state index contributed by atoms with van der Waals surface area (Å²) in [6.07, 6.45) is 7.74. The smallest absolute Gasteiger partial charge is 0.234 e. The van der Waals surface area contributed by atoms with E-state index in [1.54, 1.807) is 0 Å². The van der Waals surface area contributed by atoms with Gasteiger partial charge < -0.3 is 10.2 Å². The molecule has 1 aromatic carbocycles. The Labute approximate surface area is 200 Å². The first-order valence-corrected chi connectivity index (χ1v) is 12.5. The maximum Gasteiger partial charge on any atom is 0.234 e. The fraction of sp³-hybridized carbons (Fsp3) is 0.640. The third kappa shape index (κ3) is 6.58. The van der Waals surface area contributed by atoms with Gasteiger partial charge in [0.05, 0.1) is 5.92 Å². The lowest BCUT2D eigenvalue weighted by atomic mass is 9.85. The molecule has 0 spiro atoms. The number of amides is 3. The molecule has 1 unspecified atom stereocenters. The number of benzene rings is 1. The molecule has 3 fully saturated rings. The number of imide groups is 1. The highest BCUT2D eigenvalue weighted by atomic mass is 16.2. The predicted octanol–water partition coefficient (Wildman–Crippen LogP) is 4.12. The summed E-state index contributed by atoms with van der Waals surface area (Å²) in [4.78, 5) is 41.4. The van der Waals surface area contributed by atoms with E-state index in [1.807, 2.05) is 24.3 Å². The molecule has 34 heavy (non-hydrogen) atoms. The summed E-state index contributed by atoms with van der Waals surface area (Å²) in [6, 6.07) is 7.55. The van der Waals surface area contributed by atoms with Gasteiger partial charge in [-0.2, -0.15) is 0 Å². The van der Waals surface area contributed by atoms with Crippen LogP contribution >= 0.6 is 0 Å². The highest BCUT2D eigenvalue weighted by molar-refractivity contribution is 6.01. The second-order valence-electron chi connectivity index (χ2n) is 10.0. The van der Waals surface area contributed by atoms with Crippen molar-refractivity contribution >= 4 is 23.4 Å². The topological polar surface area (TPSA) is 127 Å². The second kappa shape index (κ2) is 11.5. The fourth-order valence-corrected chi connectivity index (χ4v) is 5.54. The summed E-state index contributed by atoms with van der Waals surface area (Å²) in [5, 5.41) is 9.24. The summed E-state index contributed by atoms with van der Waals surface area (Å²) in [6.45, 7) is 3.19. The van der Waals surface area contributed by atoms with E-state index in [9.17, 15) is 14.4 Å². The van der Waals surface area contributed by atoms with E-state index in [2.05, 4.69) is 25.6 Å². The van der Waals surface area contributed by atoms with Crippen LogP contribution in [0.5, 0.6) is 0 Å². The normalized spacial score (nSPS) is 26.4. The number of carbonyl (C=O) groups excluding carboxylic acids is 3. The quantitative estimate of drug-likeness (QED) is 0.271. The summed E-state index contributed by atoms with van der Waals surface area (Å²) in [5.41, 5.74) is 10.2. The van der Waals surface area contributed by atoms with Crippen LogP contribution in [0.2, 0.25) is 0 Å². The highest BCUT2D eigenvalue weighted by Gasteiger charge is 2.28. The molecule has 3 aliphatic rings. The lowest BCUT2D eigenvalue weighted by Gasteiger charge is -2.36. The van der Waals surface area contributed by atoms with Crippen molar-refractivity contribution < 1.29 is 14.4 Å². The zero-order chi connectivity index (χ0) is 23.9. The van der Waals surface area contributed by atoms with E-state index >= 15 is 0 Å². The monoisotopic (exact) mass is 466 g/mol. The van der Waals surface area contributed by atoms with E-state index in [-0.39, 0.29) is 29.7 Å². The number of azide groups is 1. The number of likely N-dealkylation sites (tertiary alicyclic amines) is 1. The molecule has 4 rings (SSSR count). The lowest BCUT2D eigenvalue weighted by molar-refractivity contribution is -0.134. The first-order valence-electron chi connectivity index (χ1n) is 12.5. The molecule has 0 radical (unpaired) electrons. The van der Waals surface area contributed by atoms with Gasteiger partial charge in [0.25, 0.3) is 0 Å². The minimum atomic E-state index is -0.311. The molecule has 2 aliphatic heterocycles. The van der Waals surface area contributed by atoms with Gasteiger partial charge in [0.15, 0.2) is 0 Å². The van der Waals surface area contributed by atoms with Gasteiger partial charge in [-0.3, -0.25) is 19.7 Å². The summed E-state index contributed by atoms with van der Waals surface area (Å²) in [7, 11) is 0. The number of piperidine rings is 2. The van der Waals surface area contributed by atoms with Gasteiger partial charge in [-0.1, -0.05) is 17.2 Å². The fourth-order valence-electron chi connectivity index (χ4n) is 5.54. The van der Waals surface area contributed by atoms with Crippen molar-refractivity contribution in [2.45, 2.75) is 69.7 Å². The number of carbonyl (C=O) groups is 3. The average molecular weight is 467 g/mol. The summed E-state index contributed by atoms with van der Waals surface area (Å²) >= 11 is 0. The number of anilines is 1. The van der Waals surface area contributed by atoms with Gasteiger partial charge in [0.2, 0.25) is 17.7 Å². The van der Waals surface area contributed by atoms with Gasteiger partial charge >= 0.3 is 0 Å². The minimum Gasteiger partial charge on any atom is -0.326 e. The third-order valence-electron chi connectivity index (χ3n) is 7.56. The third-order valence-corrected chi connectivity index (χ3v) is 7.56. The van der Waals surface area contributed by atoms with Crippen LogP contribution in [0.1, 0.15) is 69.3 Å². The molecule has 1 atom stereocenters. The lowest BCUT2D eigenvalue weighted by Crippen LogP contribution is -2.39. The Bertz CT molecular complexity index is 926. The molecule has 9 nitrogen and oxygen atoms in total. The molecule has 1 aromatic rings. The van der Waals surface area contributed by atoms with Gasteiger partial charge in [0.1, 0.15) is 0 Å². The minimum absolute atomic E-state index is 0.0311. The standard InChI is InChI=1S/C25H34N6O3/c26-30-29-21-5-1-18(2-6-21)16-31-13-11-17(12-14-31)15-24(33)27-20-7-3-19(4-8-20)22-9-10-23(32)28-25(22)34/h3-4,7-8,17-18,21-22H,1-2,5-6,9-16H2,(H,27,33)(H,28,32,34). The molecule has 9 heteroatoms. The van der Waals surface area contributed by atoms with E-state index < -0.39 is 0 Å². The molecule has 0 aromatic heterocycles. The molecule has 0 bridgehead atoms. The van der Waals surface area contributed by atoms with Crippen LogP contribution in [0.25, 0.3) is 10.4 Å². The van der Waals surface area contributed by atoms with Crippen LogP contribution in [-0.2, 0) is 14.4 Å². The molecule has 2 heterocycles. The maximum atomic E-state index is 12.6. The van der Waals surface area contributed by atoms with Crippen LogP contribution in [0.15, 0.2) is 29.4 Å². The molecule has 3 amide bonds. The Kier molecular flexibility index (Phi) is 8.19. The van der Waals surface area contributed by atoms with Crippen molar-refractivity contribution in [3.63, 3.8) is 0 Å². The molecule has 1 saturated carbocycles. The zero-order valence-corrected chi connectivity index (χ0v) is 19.6. The van der Waals surface area contributed by atoms with Crippen molar-refractivity contribution in [2.24, 2.45) is 17.0 Å². The van der Waals surface area contributed by atoms with Crippen molar-refractivity contribution in [1.82, 2.24) is 10.2 Å². The first kappa shape index (κ1) is 24.2. The number of rotatable bonds is 7. The Morgan fingerprint density at radius 3 is 2.38 bits per heavy atom. The van der Waals surface area contributed by atoms with E-state index in [0.29, 0.717) is 31.1 Å². The average Bonchev–Trinajstić information content (AvgIpc) is 2.82. The van der Waals surface area contributed by atoms with Crippen molar-refractivity contribution in [3.05, 3.63) is 40.3 Å². The second-order valence-corrected chi connectivity index (χ2v) is 10.0. The van der Waals surface area contributed by atoms with Crippen LogP contribution in [0, 0.1) is 11.8 Å². The maximum absolute atomic E-state index is 12.6. The summed E-state index contributed by atoms with van der Waals surface area (Å²) in [5.74, 6) is 0.343. The molecule has 2 saturated heterocycles. The summed E-state index contributed by atoms with van der Waals surface area (Å²) < 4.78 is 0. The number of hydrogen-bond acceptors (Lipinski definition) is 5. The molecule has 1 aliphatic carbocycles. The molecule has 182 valence electrons. The Hall–Kier alpha value is -2.90. The SMILES string of the molecule is [N-]=[N+]=NC1CCC(CN2CCC(CC(=O)Nc3ccc(C4CCC(=O)NC4=O)cc3)CC2)CC1. The Balaban J connectivity index is 1.16. The molecular formula is C25H34N6O3. The van der Waals surface area contributed by atoms with Gasteiger partial charge in [0, 0.05) is 36.0 Å². The van der Waals surface area contributed by atoms with Crippen LogP contribution < -0.4 is 10.6 Å². The number of nitrogens with one attached hydrogen (secondary N) is 2. The van der Waals surface area contributed by atoms with E-state index in [1.165, 1.54) is 0 Å². The van der Waals surface area contributed by atoms with Gasteiger partial charge in [-0.05, 0) is 93.1 Å². The van der Waals surface area contributed by atoms with Gasteiger partial charge in [-0.15, -0.1) is 0 Å². The van der Waals surface area contributed by atoms with Gasteiger partial charge in [-0.25, -0.2) is 0 Å². The van der Waals surface area contributed by atoms with Crippen LogP contribution in [0.4, 0.5) is 5.69 Å². The zero-order valence-electron chi connectivity index (χ0n) is 19.6. The number of nitrogens with zero attached hydrogens (tertiary/aromatic N) is 4. The Morgan fingerprint density at radius 1 is 1.03 bits per heavy atom. The largest absolute Gasteiger partial charge is 0.326 e. The predicted molar refractivity (Wildman–Crippen MR) is 129 cm³/mol. The van der Waals surface area contributed by atoms with E-state index in [4.69, 9.17) is 5.53 Å². The van der Waals surface area contributed by atoms with E-state index in [0.717, 1.165) is 69.4 Å². The highest BCUT2D eigenvalue weighted by Crippen LogP contribution is 2.29. The van der Waals surface area contributed by atoms with Crippen molar-refractivity contribution in [3.8, 4) is 0 Å². The van der Waals surface area contributed by atoms with Crippen molar-refractivity contribution in [1.29, 1.82) is 0 Å². The van der Waals surface area contributed by atoms with Crippen LogP contribution in [0.3, 0.4) is 0 Å². The van der Waals surface area contributed by atoms with Crippen LogP contribution in [-0.4, -0.2) is 48.3 Å².